The van der Waals surface area contributed by atoms with Crippen molar-refractivity contribution in [3.8, 4) is 0 Å². The van der Waals surface area contributed by atoms with Crippen molar-refractivity contribution in [2.75, 3.05) is 23.3 Å². The maximum absolute atomic E-state index is 10.8. The summed E-state index contributed by atoms with van der Waals surface area (Å²) >= 11 is 0. The minimum Gasteiger partial charge on any atom is -0.371 e. The van der Waals surface area contributed by atoms with Crippen LogP contribution in [0.2, 0.25) is 0 Å². The Morgan fingerprint density at radius 1 is 1.25 bits per heavy atom. The zero-order chi connectivity index (χ0) is 16.9. The molecule has 0 bridgehead atoms. The average Bonchev–Trinajstić information content (AvgIpc) is 2.61. The summed E-state index contributed by atoms with van der Waals surface area (Å²) in [5.41, 5.74) is 3.29. The number of piperidine rings is 1. The lowest BCUT2D eigenvalue weighted by Gasteiger charge is -2.30. The molecule has 1 fully saturated rings. The van der Waals surface area contributed by atoms with Crippen LogP contribution in [0.4, 0.5) is 17.2 Å². The third kappa shape index (κ3) is 3.64. The molecule has 2 heterocycles. The van der Waals surface area contributed by atoms with Crippen LogP contribution in [0.1, 0.15) is 30.4 Å². The molecule has 0 spiro atoms. The second kappa shape index (κ2) is 7.29. The summed E-state index contributed by atoms with van der Waals surface area (Å²) in [5, 5.41) is 14.1. The molecule has 24 heavy (non-hydrogen) atoms. The summed E-state index contributed by atoms with van der Waals surface area (Å²) in [4.78, 5) is 17.0. The molecule has 6 heteroatoms. The topological polar surface area (TPSA) is 71.3 Å². The normalized spacial score (nSPS) is 14.5. The second-order valence-electron chi connectivity index (χ2n) is 6.15. The molecule has 1 aliphatic heterocycles. The number of hydrogen-bond acceptors (Lipinski definition) is 5. The van der Waals surface area contributed by atoms with Crippen LogP contribution in [0.15, 0.2) is 36.5 Å². The van der Waals surface area contributed by atoms with Gasteiger partial charge in [-0.3, -0.25) is 10.1 Å². The number of aromatic nitrogens is 1. The zero-order valence-electron chi connectivity index (χ0n) is 13.9. The molecule has 1 N–H and O–H groups in total. The number of anilines is 2. The van der Waals surface area contributed by atoms with Crippen molar-refractivity contribution >= 4 is 17.2 Å². The lowest BCUT2D eigenvalue weighted by molar-refractivity contribution is -0.385. The van der Waals surface area contributed by atoms with Gasteiger partial charge in [0.25, 0.3) is 5.69 Å². The molecule has 1 aliphatic rings. The molecular weight excluding hydrogens is 304 g/mol. The third-order valence-corrected chi connectivity index (χ3v) is 4.41. The van der Waals surface area contributed by atoms with Crippen LogP contribution in [0.5, 0.6) is 0 Å². The fraction of sp³-hybridized carbons (Fsp3) is 0.389. The minimum atomic E-state index is -0.421. The Hall–Kier alpha value is -2.63. The first kappa shape index (κ1) is 16.2. The fourth-order valence-electron chi connectivity index (χ4n) is 3.13. The van der Waals surface area contributed by atoms with Crippen LogP contribution in [0, 0.1) is 17.0 Å². The van der Waals surface area contributed by atoms with Gasteiger partial charge in [0.15, 0.2) is 0 Å². The van der Waals surface area contributed by atoms with E-state index >= 15 is 0 Å². The van der Waals surface area contributed by atoms with E-state index in [1.165, 1.54) is 36.7 Å². The molecule has 6 nitrogen and oxygen atoms in total. The number of aryl methyl sites for hydroxylation is 1. The number of hydrogen-bond donors (Lipinski definition) is 1. The van der Waals surface area contributed by atoms with Crippen molar-refractivity contribution in [2.24, 2.45) is 0 Å². The van der Waals surface area contributed by atoms with E-state index in [1.54, 1.807) is 6.07 Å². The van der Waals surface area contributed by atoms with Gasteiger partial charge in [0, 0.05) is 31.4 Å². The van der Waals surface area contributed by atoms with Gasteiger partial charge in [0.05, 0.1) is 4.92 Å². The molecule has 1 aromatic heterocycles. The summed E-state index contributed by atoms with van der Waals surface area (Å²) in [6.07, 6.45) is 5.09. The number of nitrogens with zero attached hydrogens (tertiary/aromatic N) is 3. The Kier molecular flexibility index (Phi) is 4.93. The van der Waals surface area contributed by atoms with Gasteiger partial charge < -0.3 is 10.2 Å². The molecule has 0 aliphatic carbocycles. The molecular formula is C18H22N4O2. The van der Waals surface area contributed by atoms with Crippen molar-refractivity contribution in [3.63, 3.8) is 0 Å². The molecule has 126 valence electrons. The predicted octanol–water partition coefficient (Wildman–Crippen LogP) is 3.90. The number of para-hydroxylation sites is 1. The van der Waals surface area contributed by atoms with Gasteiger partial charge in [-0.05, 0) is 43.4 Å². The van der Waals surface area contributed by atoms with Crippen LogP contribution in [-0.2, 0) is 6.54 Å². The highest BCUT2D eigenvalue weighted by molar-refractivity contribution is 5.56. The fourth-order valence-corrected chi connectivity index (χ4v) is 3.13. The molecule has 3 rings (SSSR count). The Morgan fingerprint density at radius 3 is 2.71 bits per heavy atom. The monoisotopic (exact) mass is 326 g/mol. The maximum Gasteiger partial charge on any atom is 0.287 e. The number of rotatable bonds is 5. The van der Waals surface area contributed by atoms with Gasteiger partial charge in [0.1, 0.15) is 12.0 Å². The van der Waals surface area contributed by atoms with Crippen molar-refractivity contribution in [1.29, 1.82) is 0 Å². The van der Waals surface area contributed by atoms with E-state index in [0.717, 1.165) is 18.7 Å². The van der Waals surface area contributed by atoms with Crippen molar-refractivity contribution in [3.05, 3.63) is 57.8 Å². The van der Waals surface area contributed by atoms with Crippen LogP contribution in [0.3, 0.4) is 0 Å². The lowest BCUT2D eigenvalue weighted by atomic mass is 10.1. The molecule has 0 amide bonds. The van der Waals surface area contributed by atoms with Gasteiger partial charge in [-0.25, -0.2) is 4.98 Å². The summed E-state index contributed by atoms with van der Waals surface area (Å²) in [5.74, 6) is 0.689. The van der Waals surface area contributed by atoms with E-state index in [2.05, 4.69) is 33.4 Å². The van der Waals surface area contributed by atoms with E-state index in [4.69, 9.17) is 0 Å². The van der Waals surface area contributed by atoms with E-state index < -0.39 is 4.92 Å². The number of nitro groups is 1. The van der Waals surface area contributed by atoms with E-state index in [-0.39, 0.29) is 5.69 Å². The Morgan fingerprint density at radius 2 is 2.00 bits per heavy atom. The maximum atomic E-state index is 10.8. The van der Waals surface area contributed by atoms with Crippen LogP contribution < -0.4 is 10.2 Å². The van der Waals surface area contributed by atoms with Gasteiger partial charge in [-0.1, -0.05) is 18.2 Å². The number of benzene rings is 1. The van der Waals surface area contributed by atoms with Crippen LogP contribution in [-0.4, -0.2) is 23.0 Å². The van der Waals surface area contributed by atoms with E-state index in [0.29, 0.717) is 12.4 Å². The van der Waals surface area contributed by atoms with Crippen molar-refractivity contribution < 1.29 is 4.92 Å². The standard InChI is InChI=1S/C18H22N4O2/c1-14-11-16(22(23)24)13-20-18(14)19-12-15-7-3-4-8-17(15)21-9-5-2-6-10-21/h3-4,7-8,11,13H,2,5-6,9-10,12H2,1H3,(H,19,20). The second-order valence-corrected chi connectivity index (χ2v) is 6.15. The summed E-state index contributed by atoms with van der Waals surface area (Å²) in [6, 6.07) is 9.95. The lowest BCUT2D eigenvalue weighted by Crippen LogP contribution is -2.30. The predicted molar refractivity (Wildman–Crippen MR) is 95.5 cm³/mol. The van der Waals surface area contributed by atoms with Crippen molar-refractivity contribution in [1.82, 2.24) is 4.98 Å². The van der Waals surface area contributed by atoms with Gasteiger partial charge in [0.2, 0.25) is 0 Å². The molecule has 0 saturated carbocycles. The third-order valence-electron chi connectivity index (χ3n) is 4.41. The highest BCUT2D eigenvalue weighted by Crippen LogP contribution is 2.25. The minimum absolute atomic E-state index is 0.0202. The quantitative estimate of drug-likeness (QED) is 0.666. The Labute approximate surface area is 141 Å². The van der Waals surface area contributed by atoms with Crippen molar-refractivity contribution in [2.45, 2.75) is 32.7 Å². The van der Waals surface area contributed by atoms with E-state index in [1.807, 2.05) is 13.0 Å². The van der Waals surface area contributed by atoms with Crippen LogP contribution >= 0.6 is 0 Å². The molecule has 1 aromatic carbocycles. The molecule has 0 atom stereocenters. The molecule has 2 aromatic rings. The zero-order valence-corrected chi connectivity index (χ0v) is 13.9. The smallest absolute Gasteiger partial charge is 0.287 e. The molecule has 1 saturated heterocycles. The van der Waals surface area contributed by atoms with Crippen LogP contribution in [0.25, 0.3) is 0 Å². The largest absolute Gasteiger partial charge is 0.371 e. The summed E-state index contributed by atoms with van der Waals surface area (Å²) in [7, 11) is 0. The Balaban J connectivity index is 1.74. The first-order valence-electron chi connectivity index (χ1n) is 8.33. The molecule has 0 unspecified atom stereocenters. The first-order chi connectivity index (χ1) is 11.6. The number of pyridine rings is 1. The highest BCUT2D eigenvalue weighted by atomic mass is 16.6. The first-order valence-corrected chi connectivity index (χ1v) is 8.33. The van der Waals surface area contributed by atoms with E-state index in [9.17, 15) is 10.1 Å². The summed E-state index contributed by atoms with van der Waals surface area (Å²) < 4.78 is 0. The SMILES string of the molecule is Cc1cc([N+](=O)[O-])cnc1NCc1ccccc1N1CCCCC1. The number of nitrogens with one attached hydrogen (secondary N) is 1. The Bertz CT molecular complexity index is 727. The average molecular weight is 326 g/mol. The van der Waals surface area contributed by atoms with Gasteiger partial charge in [-0.2, -0.15) is 0 Å². The van der Waals surface area contributed by atoms with Gasteiger partial charge >= 0.3 is 0 Å². The highest BCUT2D eigenvalue weighted by Gasteiger charge is 2.14. The molecule has 0 radical (unpaired) electrons. The van der Waals surface area contributed by atoms with Gasteiger partial charge in [-0.15, -0.1) is 0 Å². The summed E-state index contributed by atoms with van der Waals surface area (Å²) in [6.45, 7) is 4.69.